The minimum absolute atomic E-state index is 0.00324. The van der Waals surface area contributed by atoms with Gasteiger partial charge in [0.2, 0.25) is 12.3 Å². The van der Waals surface area contributed by atoms with Crippen LogP contribution in [0.3, 0.4) is 0 Å². The Balaban J connectivity index is 1.93. The molecule has 0 spiro atoms. The summed E-state index contributed by atoms with van der Waals surface area (Å²) in [5.41, 5.74) is 8.09. The lowest BCUT2D eigenvalue weighted by atomic mass is 9.99. The van der Waals surface area contributed by atoms with E-state index < -0.39 is 0 Å². The highest BCUT2D eigenvalue weighted by molar-refractivity contribution is 5.79. The Labute approximate surface area is 148 Å². The summed E-state index contributed by atoms with van der Waals surface area (Å²) in [4.78, 5) is 29.5. The van der Waals surface area contributed by atoms with Crippen molar-refractivity contribution in [3.63, 3.8) is 0 Å². The van der Waals surface area contributed by atoms with Crippen LogP contribution < -0.4 is 11.1 Å². The van der Waals surface area contributed by atoms with Crippen LogP contribution in [-0.2, 0) is 16.1 Å². The summed E-state index contributed by atoms with van der Waals surface area (Å²) in [6, 6.07) is -0.00324. The van der Waals surface area contributed by atoms with Gasteiger partial charge in [0.1, 0.15) is 0 Å². The van der Waals surface area contributed by atoms with Crippen molar-refractivity contribution >= 4 is 24.5 Å². The Morgan fingerprint density at radius 1 is 1.60 bits per heavy atom. The van der Waals surface area contributed by atoms with Crippen molar-refractivity contribution in [3.05, 3.63) is 30.0 Å². The molecule has 7 nitrogen and oxygen atoms in total. The SMILES string of the molecule is C=Cc1ncn(CCNC(=O)C(C)C2CCCN2C=O)c1/C=C(\C)N. The molecule has 1 saturated heterocycles. The zero-order valence-electron chi connectivity index (χ0n) is 14.9. The Morgan fingerprint density at radius 3 is 3.00 bits per heavy atom. The molecule has 2 atom stereocenters. The van der Waals surface area contributed by atoms with Gasteiger partial charge in [0.25, 0.3) is 0 Å². The van der Waals surface area contributed by atoms with E-state index in [0.29, 0.717) is 18.8 Å². The van der Waals surface area contributed by atoms with Gasteiger partial charge in [-0.15, -0.1) is 0 Å². The molecule has 0 saturated carbocycles. The zero-order valence-corrected chi connectivity index (χ0v) is 14.9. The number of hydrogen-bond acceptors (Lipinski definition) is 4. The maximum absolute atomic E-state index is 12.4. The van der Waals surface area contributed by atoms with Crippen LogP contribution in [0.1, 0.15) is 38.1 Å². The topological polar surface area (TPSA) is 93.2 Å². The molecule has 0 aliphatic carbocycles. The lowest BCUT2D eigenvalue weighted by Crippen LogP contribution is -2.42. The standard InChI is InChI=1S/C18H27N5O2/c1-4-15-17(10-13(2)19)22(11-21-15)9-7-20-18(25)14(3)16-6-5-8-23(16)12-24/h4,10-12,14,16H,1,5-9,19H2,2-3H3,(H,20,25)/b13-10+. The van der Waals surface area contributed by atoms with E-state index in [9.17, 15) is 9.59 Å². The Kier molecular flexibility index (Phi) is 6.38. The molecular weight excluding hydrogens is 318 g/mol. The maximum atomic E-state index is 12.4. The van der Waals surface area contributed by atoms with E-state index in [4.69, 9.17) is 5.73 Å². The van der Waals surface area contributed by atoms with E-state index in [1.807, 2.05) is 24.5 Å². The van der Waals surface area contributed by atoms with Gasteiger partial charge < -0.3 is 20.5 Å². The van der Waals surface area contributed by atoms with Crippen molar-refractivity contribution < 1.29 is 9.59 Å². The number of nitrogens with one attached hydrogen (secondary N) is 1. The lowest BCUT2D eigenvalue weighted by Gasteiger charge is -2.25. The molecule has 1 fully saturated rings. The van der Waals surface area contributed by atoms with Gasteiger partial charge >= 0.3 is 0 Å². The molecule has 7 heteroatoms. The Bertz CT molecular complexity index is 660. The van der Waals surface area contributed by atoms with Gasteiger partial charge in [0.05, 0.1) is 23.6 Å². The molecule has 0 aromatic carbocycles. The molecule has 1 aliphatic rings. The van der Waals surface area contributed by atoms with Crippen molar-refractivity contribution in [1.29, 1.82) is 0 Å². The van der Waals surface area contributed by atoms with Gasteiger partial charge in [-0.25, -0.2) is 4.98 Å². The first-order chi connectivity index (χ1) is 12.0. The molecule has 25 heavy (non-hydrogen) atoms. The minimum atomic E-state index is -0.218. The molecule has 0 radical (unpaired) electrons. The number of imidazole rings is 1. The summed E-state index contributed by atoms with van der Waals surface area (Å²) >= 11 is 0. The molecule has 3 N–H and O–H groups in total. The molecule has 1 aliphatic heterocycles. The van der Waals surface area contributed by atoms with Crippen LogP contribution in [0.2, 0.25) is 0 Å². The highest BCUT2D eigenvalue weighted by Crippen LogP contribution is 2.22. The summed E-state index contributed by atoms with van der Waals surface area (Å²) in [5.74, 6) is -0.250. The fourth-order valence-electron chi connectivity index (χ4n) is 3.23. The van der Waals surface area contributed by atoms with Crippen molar-refractivity contribution in [1.82, 2.24) is 19.8 Å². The number of carbonyl (C=O) groups is 2. The number of carbonyl (C=O) groups excluding carboxylic acids is 2. The van der Waals surface area contributed by atoms with Gasteiger partial charge in [-0.2, -0.15) is 0 Å². The number of aromatic nitrogens is 2. The van der Waals surface area contributed by atoms with Crippen LogP contribution in [0, 0.1) is 5.92 Å². The molecular formula is C18H27N5O2. The average Bonchev–Trinajstić information content (AvgIpc) is 3.20. The quantitative estimate of drug-likeness (QED) is 0.693. The third kappa shape index (κ3) is 4.49. The van der Waals surface area contributed by atoms with E-state index in [0.717, 1.165) is 37.2 Å². The molecule has 1 aromatic heterocycles. The number of likely N-dealkylation sites (tertiary alicyclic amines) is 1. The van der Waals surface area contributed by atoms with Crippen LogP contribution in [0.4, 0.5) is 0 Å². The van der Waals surface area contributed by atoms with Gasteiger partial charge in [0.15, 0.2) is 0 Å². The molecule has 2 unspecified atom stereocenters. The zero-order chi connectivity index (χ0) is 18.4. The number of rotatable bonds is 8. The predicted molar refractivity (Wildman–Crippen MR) is 98.1 cm³/mol. The third-order valence-corrected chi connectivity index (χ3v) is 4.59. The van der Waals surface area contributed by atoms with Crippen LogP contribution in [-0.4, -0.2) is 45.9 Å². The van der Waals surface area contributed by atoms with Crippen LogP contribution in [0.5, 0.6) is 0 Å². The average molecular weight is 345 g/mol. The third-order valence-electron chi connectivity index (χ3n) is 4.59. The number of allylic oxidation sites excluding steroid dienone is 1. The second-order valence-corrected chi connectivity index (χ2v) is 6.43. The highest BCUT2D eigenvalue weighted by atomic mass is 16.2. The summed E-state index contributed by atoms with van der Waals surface area (Å²) in [5, 5.41) is 2.95. The molecule has 0 bridgehead atoms. The summed E-state index contributed by atoms with van der Waals surface area (Å²) in [6.07, 6.45) is 7.91. The largest absolute Gasteiger partial charge is 0.402 e. The second kappa shape index (κ2) is 8.50. The molecule has 2 amide bonds. The highest BCUT2D eigenvalue weighted by Gasteiger charge is 2.32. The molecule has 2 heterocycles. The minimum Gasteiger partial charge on any atom is -0.402 e. The predicted octanol–water partition coefficient (Wildman–Crippen LogP) is 1.22. The monoisotopic (exact) mass is 345 g/mol. The second-order valence-electron chi connectivity index (χ2n) is 6.43. The number of amides is 2. The number of nitrogens with two attached hydrogens (primary N) is 1. The first-order valence-corrected chi connectivity index (χ1v) is 8.58. The van der Waals surface area contributed by atoms with Crippen LogP contribution in [0.25, 0.3) is 12.2 Å². The van der Waals surface area contributed by atoms with Gasteiger partial charge in [-0.05, 0) is 31.9 Å². The van der Waals surface area contributed by atoms with Crippen LogP contribution >= 0.6 is 0 Å². The Morgan fingerprint density at radius 2 is 2.36 bits per heavy atom. The summed E-state index contributed by atoms with van der Waals surface area (Å²) in [7, 11) is 0. The maximum Gasteiger partial charge on any atom is 0.224 e. The van der Waals surface area contributed by atoms with Crippen molar-refractivity contribution in [2.45, 2.75) is 39.3 Å². The van der Waals surface area contributed by atoms with Crippen molar-refractivity contribution in [2.75, 3.05) is 13.1 Å². The smallest absolute Gasteiger partial charge is 0.224 e. The molecule has 2 rings (SSSR count). The van der Waals surface area contributed by atoms with E-state index in [-0.39, 0.29) is 17.9 Å². The van der Waals surface area contributed by atoms with E-state index in [1.165, 1.54) is 0 Å². The number of hydrogen-bond donors (Lipinski definition) is 2. The number of nitrogens with zero attached hydrogens (tertiary/aromatic N) is 3. The fourth-order valence-corrected chi connectivity index (χ4v) is 3.23. The first-order valence-electron chi connectivity index (χ1n) is 8.58. The molecule has 1 aromatic rings. The van der Waals surface area contributed by atoms with Crippen LogP contribution in [0.15, 0.2) is 18.6 Å². The Hall–Kier alpha value is -2.57. The van der Waals surface area contributed by atoms with Gasteiger partial charge in [-0.1, -0.05) is 13.5 Å². The first kappa shape index (κ1) is 18.8. The fraction of sp³-hybridized carbons (Fsp3) is 0.500. The van der Waals surface area contributed by atoms with Crippen molar-refractivity contribution in [3.8, 4) is 0 Å². The summed E-state index contributed by atoms with van der Waals surface area (Å²) < 4.78 is 1.94. The summed E-state index contributed by atoms with van der Waals surface area (Å²) in [6.45, 7) is 9.24. The van der Waals surface area contributed by atoms with Gasteiger partial charge in [-0.3, -0.25) is 9.59 Å². The van der Waals surface area contributed by atoms with E-state index in [2.05, 4.69) is 16.9 Å². The van der Waals surface area contributed by atoms with Gasteiger partial charge in [0, 0.05) is 31.4 Å². The van der Waals surface area contributed by atoms with Crippen molar-refractivity contribution in [2.24, 2.45) is 11.7 Å². The van der Waals surface area contributed by atoms with E-state index >= 15 is 0 Å². The lowest BCUT2D eigenvalue weighted by molar-refractivity contribution is -0.128. The normalized spacial score (nSPS) is 18.9. The molecule has 136 valence electrons. The van der Waals surface area contributed by atoms with E-state index in [1.54, 1.807) is 17.3 Å².